The standard InChI is InChI=1S/C13H9Cl2NO2/c14-8-6-9(17)11(15)10(12(8)16)13(18)7-4-2-1-3-5-7/h1-6,17H,16H2. The van der Waals surface area contributed by atoms with Crippen molar-refractivity contribution < 1.29 is 9.90 Å². The lowest BCUT2D eigenvalue weighted by Crippen LogP contribution is -2.07. The molecule has 5 heteroatoms. The molecule has 0 unspecified atom stereocenters. The van der Waals surface area contributed by atoms with Crippen molar-refractivity contribution in [1.29, 1.82) is 0 Å². The second-order valence-corrected chi connectivity index (χ2v) is 4.46. The number of ketones is 1. The molecule has 92 valence electrons. The summed E-state index contributed by atoms with van der Waals surface area (Å²) >= 11 is 11.7. The average Bonchev–Trinajstić information content (AvgIpc) is 2.37. The van der Waals surface area contributed by atoms with Crippen molar-refractivity contribution in [3.63, 3.8) is 0 Å². The summed E-state index contributed by atoms with van der Waals surface area (Å²) in [6.07, 6.45) is 0. The molecule has 0 fully saturated rings. The zero-order valence-electron chi connectivity index (χ0n) is 9.15. The number of anilines is 1. The van der Waals surface area contributed by atoms with Gasteiger partial charge < -0.3 is 10.8 Å². The summed E-state index contributed by atoms with van der Waals surface area (Å²) in [5, 5.41) is 9.58. The van der Waals surface area contributed by atoms with E-state index in [9.17, 15) is 9.90 Å². The van der Waals surface area contributed by atoms with Crippen LogP contribution in [0.3, 0.4) is 0 Å². The fourth-order valence-electron chi connectivity index (χ4n) is 1.58. The molecule has 0 aromatic heterocycles. The molecule has 3 nitrogen and oxygen atoms in total. The van der Waals surface area contributed by atoms with Gasteiger partial charge in [0.05, 0.1) is 21.3 Å². The van der Waals surface area contributed by atoms with Crippen LogP contribution in [0.1, 0.15) is 15.9 Å². The number of nitrogens with two attached hydrogens (primary N) is 1. The van der Waals surface area contributed by atoms with Crippen molar-refractivity contribution in [3.05, 3.63) is 57.6 Å². The summed E-state index contributed by atoms with van der Waals surface area (Å²) in [4.78, 5) is 12.3. The minimum absolute atomic E-state index is 0.0212. The summed E-state index contributed by atoms with van der Waals surface area (Å²) in [6, 6.07) is 9.72. The molecule has 18 heavy (non-hydrogen) atoms. The highest BCUT2D eigenvalue weighted by atomic mass is 35.5. The molecule has 2 aromatic rings. The van der Waals surface area contributed by atoms with Gasteiger partial charge in [-0.25, -0.2) is 0 Å². The Bertz CT molecular complexity index is 586. The predicted octanol–water partition coefficient (Wildman–Crippen LogP) is 3.51. The molecule has 0 spiro atoms. The smallest absolute Gasteiger partial charge is 0.196 e. The van der Waals surface area contributed by atoms with Crippen molar-refractivity contribution in [2.75, 3.05) is 5.73 Å². The second kappa shape index (κ2) is 4.88. The van der Waals surface area contributed by atoms with E-state index in [1.807, 2.05) is 0 Å². The van der Waals surface area contributed by atoms with Crippen molar-refractivity contribution in [2.24, 2.45) is 0 Å². The Morgan fingerprint density at radius 3 is 2.39 bits per heavy atom. The third-order valence-electron chi connectivity index (χ3n) is 2.50. The number of nitrogen functional groups attached to an aromatic ring is 1. The zero-order valence-corrected chi connectivity index (χ0v) is 10.7. The van der Waals surface area contributed by atoms with Gasteiger partial charge in [0.1, 0.15) is 5.75 Å². The molecule has 0 atom stereocenters. The van der Waals surface area contributed by atoms with Gasteiger partial charge in [0, 0.05) is 11.6 Å². The average molecular weight is 282 g/mol. The van der Waals surface area contributed by atoms with Gasteiger partial charge in [0.2, 0.25) is 0 Å². The lowest BCUT2D eigenvalue weighted by Gasteiger charge is -2.10. The monoisotopic (exact) mass is 281 g/mol. The normalized spacial score (nSPS) is 10.3. The first-order valence-corrected chi connectivity index (χ1v) is 5.84. The number of benzene rings is 2. The highest BCUT2D eigenvalue weighted by Gasteiger charge is 2.21. The summed E-state index contributed by atoms with van der Waals surface area (Å²) in [5.74, 6) is -0.647. The molecule has 0 amide bonds. The Morgan fingerprint density at radius 2 is 1.78 bits per heavy atom. The molecular weight excluding hydrogens is 273 g/mol. The van der Waals surface area contributed by atoms with Crippen LogP contribution in [0.25, 0.3) is 0 Å². The first kappa shape index (κ1) is 12.7. The molecule has 0 saturated carbocycles. The van der Waals surface area contributed by atoms with Crippen LogP contribution in [0.4, 0.5) is 5.69 Å². The first-order valence-electron chi connectivity index (χ1n) is 5.08. The van der Waals surface area contributed by atoms with Gasteiger partial charge in [-0.1, -0.05) is 53.5 Å². The highest BCUT2D eigenvalue weighted by Crippen LogP contribution is 2.37. The number of hydrogen-bond acceptors (Lipinski definition) is 3. The second-order valence-electron chi connectivity index (χ2n) is 3.68. The third kappa shape index (κ3) is 2.15. The Labute approximate surface area is 114 Å². The topological polar surface area (TPSA) is 63.3 Å². The van der Waals surface area contributed by atoms with Gasteiger partial charge in [-0.15, -0.1) is 0 Å². The first-order chi connectivity index (χ1) is 8.52. The van der Waals surface area contributed by atoms with Gasteiger partial charge in [-0.3, -0.25) is 4.79 Å². The van der Waals surface area contributed by atoms with Gasteiger partial charge in [-0.05, 0) is 0 Å². The minimum Gasteiger partial charge on any atom is -0.506 e. The van der Waals surface area contributed by atoms with Crippen LogP contribution in [-0.2, 0) is 0 Å². The highest BCUT2D eigenvalue weighted by molar-refractivity contribution is 6.40. The Balaban J connectivity index is 2.62. The molecular formula is C13H9Cl2NO2. The van der Waals surface area contributed by atoms with Crippen molar-refractivity contribution in [3.8, 4) is 5.75 Å². The zero-order chi connectivity index (χ0) is 13.3. The Morgan fingerprint density at radius 1 is 1.17 bits per heavy atom. The van der Waals surface area contributed by atoms with Crippen LogP contribution < -0.4 is 5.73 Å². The van der Waals surface area contributed by atoms with Crippen LogP contribution in [0.15, 0.2) is 36.4 Å². The van der Waals surface area contributed by atoms with E-state index in [0.29, 0.717) is 5.56 Å². The number of carbonyl (C=O) groups is 1. The summed E-state index contributed by atoms with van der Waals surface area (Å²) in [6.45, 7) is 0. The van der Waals surface area contributed by atoms with Crippen molar-refractivity contribution in [2.45, 2.75) is 0 Å². The molecule has 0 aliphatic carbocycles. The predicted molar refractivity (Wildman–Crippen MR) is 72.4 cm³/mol. The molecule has 2 aromatic carbocycles. The maximum Gasteiger partial charge on any atom is 0.196 e. The largest absolute Gasteiger partial charge is 0.506 e. The van der Waals surface area contributed by atoms with Crippen molar-refractivity contribution >= 4 is 34.7 Å². The quantitative estimate of drug-likeness (QED) is 0.503. The SMILES string of the molecule is Nc1c(Cl)cc(O)c(Cl)c1C(=O)c1ccccc1. The molecule has 2 rings (SSSR count). The van der Waals surface area contributed by atoms with Crippen molar-refractivity contribution in [1.82, 2.24) is 0 Å². The fourth-order valence-corrected chi connectivity index (χ4v) is 2.02. The van der Waals surface area contributed by atoms with Crippen LogP contribution >= 0.6 is 23.2 Å². The minimum atomic E-state index is -0.379. The molecule has 0 aliphatic rings. The number of phenols is 1. The van der Waals surface area contributed by atoms with E-state index in [1.54, 1.807) is 30.3 Å². The number of carbonyl (C=O) groups excluding carboxylic acids is 1. The summed E-state index contributed by atoms with van der Waals surface area (Å²) in [5.41, 5.74) is 6.25. The number of aromatic hydroxyl groups is 1. The third-order valence-corrected chi connectivity index (χ3v) is 3.19. The Hall–Kier alpha value is -1.71. The number of hydrogen-bond donors (Lipinski definition) is 2. The number of rotatable bonds is 2. The lowest BCUT2D eigenvalue weighted by atomic mass is 10.0. The van der Waals surface area contributed by atoms with E-state index in [-0.39, 0.29) is 32.8 Å². The van der Waals surface area contributed by atoms with Gasteiger partial charge in [0.15, 0.2) is 5.78 Å². The van der Waals surface area contributed by atoms with E-state index in [1.165, 1.54) is 6.07 Å². The lowest BCUT2D eigenvalue weighted by molar-refractivity contribution is 0.103. The summed E-state index contributed by atoms with van der Waals surface area (Å²) in [7, 11) is 0. The molecule has 0 saturated heterocycles. The van der Waals surface area contributed by atoms with Crippen LogP contribution in [-0.4, -0.2) is 10.9 Å². The van der Waals surface area contributed by atoms with Crippen LogP contribution in [0, 0.1) is 0 Å². The molecule has 0 bridgehead atoms. The van der Waals surface area contributed by atoms with E-state index >= 15 is 0 Å². The van der Waals surface area contributed by atoms with E-state index in [4.69, 9.17) is 28.9 Å². The maximum atomic E-state index is 12.3. The maximum absolute atomic E-state index is 12.3. The van der Waals surface area contributed by atoms with E-state index in [2.05, 4.69) is 0 Å². The molecule has 0 heterocycles. The van der Waals surface area contributed by atoms with E-state index < -0.39 is 0 Å². The van der Waals surface area contributed by atoms with Gasteiger partial charge >= 0.3 is 0 Å². The van der Waals surface area contributed by atoms with Gasteiger partial charge in [-0.2, -0.15) is 0 Å². The molecule has 3 N–H and O–H groups in total. The van der Waals surface area contributed by atoms with Gasteiger partial charge in [0.25, 0.3) is 0 Å². The fraction of sp³-hybridized carbons (Fsp3) is 0. The Kier molecular flexibility index (Phi) is 3.45. The number of halogens is 2. The van der Waals surface area contributed by atoms with Crippen LogP contribution in [0.2, 0.25) is 10.0 Å². The molecule has 0 radical (unpaired) electrons. The summed E-state index contributed by atoms with van der Waals surface area (Å²) < 4.78 is 0. The number of phenolic OH excluding ortho intramolecular Hbond substituents is 1. The van der Waals surface area contributed by atoms with E-state index in [0.717, 1.165) is 0 Å². The van der Waals surface area contributed by atoms with Crippen LogP contribution in [0.5, 0.6) is 5.75 Å². The molecule has 0 aliphatic heterocycles.